The van der Waals surface area contributed by atoms with Crippen molar-refractivity contribution in [3.63, 3.8) is 0 Å². The molecule has 0 fully saturated rings. The van der Waals surface area contributed by atoms with Gasteiger partial charge in [0.1, 0.15) is 21.7 Å². The number of pyridine rings is 1. The summed E-state index contributed by atoms with van der Waals surface area (Å²) in [5.74, 6) is -0.505. The van der Waals surface area contributed by atoms with Crippen LogP contribution in [0, 0.1) is 5.82 Å². The molecule has 21 heavy (non-hydrogen) atoms. The molecule has 0 unspecified atom stereocenters. The number of thiazole rings is 1. The van der Waals surface area contributed by atoms with Gasteiger partial charge >= 0.3 is 0 Å². The van der Waals surface area contributed by atoms with Gasteiger partial charge in [-0.1, -0.05) is 40.9 Å². The highest BCUT2D eigenvalue weighted by atomic mass is 35.5. The average molecular weight is 360 g/mol. The first-order chi connectivity index (χ1) is 10.1. The minimum Gasteiger partial charge on any atom is -0.243 e. The zero-order chi connectivity index (χ0) is 15.0. The summed E-state index contributed by atoms with van der Waals surface area (Å²) in [6.45, 7) is 0. The molecule has 2 aromatic heterocycles. The van der Waals surface area contributed by atoms with Crippen LogP contribution in [0.4, 0.5) is 4.39 Å². The lowest BCUT2D eigenvalue weighted by atomic mass is 10.1. The van der Waals surface area contributed by atoms with E-state index in [0.717, 1.165) is 0 Å². The Balaban J connectivity index is 2.22. The van der Waals surface area contributed by atoms with Crippen LogP contribution >= 0.6 is 46.1 Å². The van der Waals surface area contributed by atoms with E-state index < -0.39 is 5.82 Å². The van der Waals surface area contributed by atoms with Crippen molar-refractivity contribution in [3.05, 3.63) is 56.9 Å². The summed E-state index contributed by atoms with van der Waals surface area (Å²) in [7, 11) is 0. The minimum absolute atomic E-state index is 0.0831. The SMILES string of the molecule is Fc1cccc(Cl)c1-c1c(Cl)cc(-c2nccs2)nc1Cl. The lowest BCUT2D eigenvalue weighted by Crippen LogP contribution is -1.93. The predicted molar refractivity (Wildman–Crippen MR) is 85.8 cm³/mol. The fourth-order valence-electron chi connectivity index (χ4n) is 1.90. The first-order valence-corrected chi connectivity index (χ1v) is 7.79. The zero-order valence-corrected chi connectivity index (χ0v) is 13.4. The van der Waals surface area contributed by atoms with Gasteiger partial charge in [0, 0.05) is 22.7 Å². The Morgan fingerprint density at radius 2 is 1.86 bits per heavy atom. The van der Waals surface area contributed by atoms with Gasteiger partial charge < -0.3 is 0 Å². The molecule has 0 aliphatic heterocycles. The van der Waals surface area contributed by atoms with Crippen LogP contribution in [0.1, 0.15) is 0 Å². The Hall–Kier alpha value is -1.20. The molecule has 0 aliphatic rings. The summed E-state index contributed by atoms with van der Waals surface area (Å²) in [4.78, 5) is 8.38. The van der Waals surface area contributed by atoms with Crippen LogP contribution in [0.15, 0.2) is 35.8 Å². The summed E-state index contributed by atoms with van der Waals surface area (Å²) >= 11 is 19.9. The van der Waals surface area contributed by atoms with Crippen LogP contribution in [0.5, 0.6) is 0 Å². The molecular weight excluding hydrogens is 354 g/mol. The molecular formula is C14H6Cl3FN2S. The highest BCUT2D eigenvalue weighted by Crippen LogP contribution is 2.40. The van der Waals surface area contributed by atoms with Gasteiger partial charge in [0.05, 0.1) is 10.0 Å². The van der Waals surface area contributed by atoms with Gasteiger partial charge in [0.25, 0.3) is 0 Å². The van der Waals surface area contributed by atoms with Gasteiger partial charge in [0.2, 0.25) is 0 Å². The Morgan fingerprint density at radius 3 is 2.48 bits per heavy atom. The minimum atomic E-state index is -0.505. The number of halogens is 4. The van der Waals surface area contributed by atoms with Gasteiger partial charge in [-0.15, -0.1) is 11.3 Å². The fraction of sp³-hybridized carbons (Fsp3) is 0. The first-order valence-electron chi connectivity index (χ1n) is 5.78. The second-order valence-electron chi connectivity index (χ2n) is 4.09. The summed E-state index contributed by atoms with van der Waals surface area (Å²) in [6, 6.07) is 5.98. The van der Waals surface area contributed by atoms with Gasteiger partial charge in [0.15, 0.2) is 0 Å². The zero-order valence-electron chi connectivity index (χ0n) is 10.3. The molecule has 2 nitrogen and oxygen atoms in total. The van der Waals surface area contributed by atoms with E-state index in [9.17, 15) is 4.39 Å². The maximum Gasteiger partial charge on any atom is 0.141 e. The molecule has 106 valence electrons. The summed E-state index contributed by atoms with van der Waals surface area (Å²) in [6.07, 6.45) is 1.66. The van der Waals surface area contributed by atoms with E-state index in [1.165, 1.54) is 23.5 Å². The maximum atomic E-state index is 14.0. The number of hydrogen-bond acceptors (Lipinski definition) is 3. The number of rotatable bonds is 2. The number of benzene rings is 1. The van der Waals surface area contributed by atoms with E-state index in [-0.39, 0.29) is 26.3 Å². The van der Waals surface area contributed by atoms with Crippen LogP contribution in [-0.2, 0) is 0 Å². The third-order valence-electron chi connectivity index (χ3n) is 2.79. The molecule has 3 rings (SSSR count). The molecule has 0 saturated heterocycles. The Labute approximate surface area is 139 Å². The Kier molecular flexibility index (Phi) is 4.13. The van der Waals surface area contributed by atoms with E-state index in [4.69, 9.17) is 34.8 Å². The molecule has 2 heterocycles. The van der Waals surface area contributed by atoms with Crippen molar-refractivity contribution in [2.24, 2.45) is 0 Å². The van der Waals surface area contributed by atoms with Crippen molar-refractivity contribution < 1.29 is 4.39 Å². The number of nitrogens with zero attached hydrogens (tertiary/aromatic N) is 2. The van der Waals surface area contributed by atoms with E-state index in [0.29, 0.717) is 10.7 Å². The van der Waals surface area contributed by atoms with E-state index in [1.807, 2.05) is 5.38 Å². The molecule has 0 bridgehead atoms. The Bertz CT molecular complexity index is 763. The van der Waals surface area contributed by atoms with Gasteiger partial charge in [-0.25, -0.2) is 14.4 Å². The largest absolute Gasteiger partial charge is 0.243 e. The first kappa shape index (κ1) is 14.7. The van der Waals surface area contributed by atoms with Crippen LogP contribution < -0.4 is 0 Å². The van der Waals surface area contributed by atoms with Crippen molar-refractivity contribution in [1.29, 1.82) is 0 Å². The highest BCUT2D eigenvalue weighted by molar-refractivity contribution is 7.13. The summed E-state index contributed by atoms with van der Waals surface area (Å²) < 4.78 is 14.0. The number of aromatic nitrogens is 2. The summed E-state index contributed by atoms with van der Waals surface area (Å²) in [5.41, 5.74) is 0.963. The second kappa shape index (κ2) is 5.89. The van der Waals surface area contributed by atoms with Crippen molar-refractivity contribution >= 4 is 46.1 Å². The molecule has 3 aromatic rings. The maximum absolute atomic E-state index is 14.0. The monoisotopic (exact) mass is 358 g/mol. The predicted octanol–water partition coefficient (Wildman–Crippen LogP) is 5.97. The molecule has 0 N–H and O–H groups in total. The Morgan fingerprint density at radius 1 is 1.05 bits per heavy atom. The van der Waals surface area contributed by atoms with Crippen LogP contribution in [-0.4, -0.2) is 9.97 Å². The molecule has 0 spiro atoms. The second-order valence-corrected chi connectivity index (χ2v) is 6.16. The molecule has 0 atom stereocenters. The third-order valence-corrected chi connectivity index (χ3v) is 4.47. The van der Waals surface area contributed by atoms with E-state index in [2.05, 4.69) is 9.97 Å². The van der Waals surface area contributed by atoms with Gasteiger partial charge in [-0.05, 0) is 18.2 Å². The molecule has 0 radical (unpaired) electrons. The van der Waals surface area contributed by atoms with Gasteiger partial charge in [-0.2, -0.15) is 0 Å². The summed E-state index contributed by atoms with van der Waals surface area (Å²) in [5, 5.41) is 3.08. The van der Waals surface area contributed by atoms with Crippen molar-refractivity contribution in [3.8, 4) is 21.8 Å². The van der Waals surface area contributed by atoms with E-state index in [1.54, 1.807) is 18.3 Å². The standard InChI is InChI=1S/C14H6Cl3FN2S/c15-7-2-1-3-9(18)11(7)12-8(16)6-10(20-13(12)17)14-19-4-5-21-14/h1-6H. The van der Waals surface area contributed by atoms with Crippen LogP contribution in [0.25, 0.3) is 21.8 Å². The van der Waals surface area contributed by atoms with E-state index >= 15 is 0 Å². The molecule has 1 aromatic carbocycles. The fourth-order valence-corrected chi connectivity index (χ4v) is 3.38. The topological polar surface area (TPSA) is 25.8 Å². The normalized spacial score (nSPS) is 10.9. The molecule has 7 heteroatoms. The molecule has 0 aliphatic carbocycles. The van der Waals surface area contributed by atoms with Crippen LogP contribution in [0.3, 0.4) is 0 Å². The number of hydrogen-bond donors (Lipinski definition) is 0. The van der Waals surface area contributed by atoms with Gasteiger partial charge in [-0.3, -0.25) is 0 Å². The van der Waals surface area contributed by atoms with Crippen LogP contribution in [0.2, 0.25) is 15.2 Å². The quantitative estimate of drug-likeness (QED) is 0.527. The van der Waals surface area contributed by atoms with Crippen molar-refractivity contribution in [2.75, 3.05) is 0 Å². The lowest BCUT2D eigenvalue weighted by molar-refractivity contribution is 0.631. The van der Waals surface area contributed by atoms with Crippen molar-refractivity contribution in [1.82, 2.24) is 9.97 Å². The average Bonchev–Trinajstić information content (AvgIpc) is 2.95. The molecule has 0 saturated carbocycles. The lowest BCUT2D eigenvalue weighted by Gasteiger charge is -2.11. The smallest absolute Gasteiger partial charge is 0.141 e. The third kappa shape index (κ3) is 2.77. The van der Waals surface area contributed by atoms with Crippen molar-refractivity contribution in [2.45, 2.75) is 0 Å². The highest BCUT2D eigenvalue weighted by Gasteiger charge is 2.19. The molecule has 0 amide bonds.